The average molecular weight is 270 g/mol. The Morgan fingerprint density at radius 1 is 1.00 bits per heavy atom. The quantitative estimate of drug-likeness (QED) is 0.783. The molecule has 2 N–H and O–H groups in total. The summed E-state index contributed by atoms with van der Waals surface area (Å²) < 4.78 is 5.68. The van der Waals surface area contributed by atoms with E-state index in [1.807, 2.05) is 24.3 Å². The summed E-state index contributed by atoms with van der Waals surface area (Å²) in [6.45, 7) is 2.63. The largest absolute Gasteiger partial charge is 0.493 e. The molecule has 0 bridgehead atoms. The molecular weight excluding hydrogens is 251 g/mol. The summed E-state index contributed by atoms with van der Waals surface area (Å²) in [4.78, 5) is 0. The molecule has 2 aromatic rings. The van der Waals surface area contributed by atoms with Gasteiger partial charge in [0.1, 0.15) is 5.75 Å². The fourth-order valence-corrected chi connectivity index (χ4v) is 2.11. The van der Waals surface area contributed by atoms with Gasteiger partial charge >= 0.3 is 7.12 Å². The average Bonchev–Trinajstić information content (AvgIpc) is 2.48. The predicted octanol–water partition coefficient (Wildman–Crippen LogP) is 1.55. The van der Waals surface area contributed by atoms with E-state index in [0.717, 1.165) is 17.7 Å². The third kappa shape index (κ3) is 3.86. The minimum Gasteiger partial charge on any atom is -0.493 e. The van der Waals surface area contributed by atoms with Crippen LogP contribution in [0.5, 0.6) is 5.75 Å². The molecule has 0 aliphatic carbocycles. The van der Waals surface area contributed by atoms with Crippen molar-refractivity contribution < 1.29 is 14.8 Å². The van der Waals surface area contributed by atoms with E-state index >= 15 is 0 Å². The summed E-state index contributed by atoms with van der Waals surface area (Å²) in [6, 6.07) is 15.3. The molecule has 0 saturated carbocycles. The molecule has 0 fully saturated rings. The van der Waals surface area contributed by atoms with Crippen LogP contribution >= 0.6 is 0 Å². The highest BCUT2D eigenvalue weighted by atomic mass is 16.5. The second-order valence-electron chi connectivity index (χ2n) is 4.67. The van der Waals surface area contributed by atoms with Gasteiger partial charge in [0.25, 0.3) is 0 Å². The van der Waals surface area contributed by atoms with Crippen LogP contribution in [0.15, 0.2) is 48.5 Å². The molecule has 2 aromatic carbocycles. The van der Waals surface area contributed by atoms with Crippen LogP contribution in [0.2, 0.25) is 0 Å². The standard InChI is InChI=1S/C16H19BO3/c1-2-13-7-9-15(10-8-13)20-12-11-14-5-3-4-6-16(14)17(18)19/h3-10,18-19H,2,11-12H2,1H3. The van der Waals surface area contributed by atoms with Gasteiger partial charge in [-0.05, 0) is 35.1 Å². The molecule has 0 aliphatic heterocycles. The van der Waals surface area contributed by atoms with Crippen LogP contribution in [0, 0.1) is 0 Å². The maximum absolute atomic E-state index is 9.29. The highest BCUT2D eigenvalue weighted by molar-refractivity contribution is 6.59. The lowest BCUT2D eigenvalue weighted by Gasteiger charge is -2.10. The first kappa shape index (κ1) is 14.6. The molecule has 4 heteroatoms. The molecule has 0 aromatic heterocycles. The maximum Gasteiger partial charge on any atom is 0.488 e. The Morgan fingerprint density at radius 2 is 1.70 bits per heavy atom. The van der Waals surface area contributed by atoms with Crippen LogP contribution in [0.1, 0.15) is 18.1 Å². The Hall–Kier alpha value is -1.78. The van der Waals surface area contributed by atoms with Crippen molar-refractivity contribution >= 4 is 12.6 Å². The molecule has 0 amide bonds. The van der Waals surface area contributed by atoms with Gasteiger partial charge in [-0.25, -0.2) is 0 Å². The van der Waals surface area contributed by atoms with Gasteiger partial charge in [-0.1, -0.05) is 43.3 Å². The zero-order valence-corrected chi connectivity index (χ0v) is 11.6. The number of ether oxygens (including phenoxy) is 1. The first-order valence-corrected chi connectivity index (χ1v) is 6.86. The first-order valence-electron chi connectivity index (χ1n) is 6.86. The van der Waals surface area contributed by atoms with E-state index in [9.17, 15) is 10.0 Å². The van der Waals surface area contributed by atoms with E-state index in [1.54, 1.807) is 12.1 Å². The Morgan fingerprint density at radius 3 is 2.35 bits per heavy atom. The SMILES string of the molecule is CCc1ccc(OCCc2ccccc2B(O)O)cc1. The van der Waals surface area contributed by atoms with Gasteiger partial charge in [-0.2, -0.15) is 0 Å². The molecule has 0 saturated heterocycles. The number of aryl methyl sites for hydroxylation is 1. The van der Waals surface area contributed by atoms with Crippen molar-refractivity contribution in [2.24, 2.45) is 0 Å². The van der Waals surface area contributed by atoms with Crippen molar-refractivity contribution in [3.8, 4) is 5.75 Å². The fourth-order valence-electron chi connectivity index (χ4n) is 2.11. The minimum absolute atomic E-state index is 0.509. The normalized spacial score (nSPS) is 10.3. The number of hydrogen-bond donors (Lipinski definition) is 2. The summed E-state index contributed by atoms with van der Waals surface area (Å²) >= 11 is 0. The summed E-state index contributed by atoms with van der Waals surface area (Å²) in [5, 5.41) is 18.6. The van der Waals surface area contributed by atoms with Crippen LogP contribution in [0.3, 0.4) is 0 Å². The molecule has 3 nitrogen and oxygen atoms in total. The molecule has 0 aliphatic rings. The summed E-state index contributed by atoms with van der Waals surface area (Å²) in [5.41, 5.74) is 2.72. The summed E-state index contributed by atoms with van der Waals surface area (Å²) in [5.74, 6) is 0.837. The third-order valence-corrected chi connectivity index (χ3v) is 3.30. The maximum atomic E-state index is 9.29. The Bertz CT molecular complexity index is 538. The van der Waals surface area contributed by atoms with Gasteiger partial charge in [-0.15, -0.1) is 0 Å². The molecule has 0 atom stereocenters. The third-order valence-electron chi connectivity index (χ3n) is 3.30. The van der Waals surface area contributed by atoms with Crippen molar-refractivity contribution in [1.29, 1.82) is 0 Å². The Labute approximate surface area is 120 Å². The lowest BCUT2D eigenvalue weighted by atomic mass is 9.76. The molecule has 0 unspecified atom stereocenters. The van der Waals surface area contributed by atoms with Gasteiger partial charge in [0.05, 0.1) is 6.61 Å². The van der Waals surface area contributed by atoms with Gasteiger partial charge in [0.2, 0.25) is 0 Å². The van der Waals surface area contributed by atoms with Crippen LogP contribution in [0.25, 0.3) is 0 Å². The Kier molecular flexibility index (Phi) is 5.21. The second kappa shape index (κ2) is 7.13. The molecule has 0 heterocycles. The zero-order chi connectivity index (χ0) is 14.4. The predicted molar refractivity (Wildman–Crippen MR) is 81.3 cm³/mol. The van der Waals surface area contributed by atoms with Crippen molar-refractivity contribution in [3.63, 3.8) is 0 Å². The Balaban J connectivity index is 1.92. The van der Waals surface area contributed by atoms with Crippen LogP contribution < -0.4 is 10.2 Å². The van der Waals surface area contributed by atoms with Gasteiger partial charge in [-0.3, -0.25) is 0 Å². The molecule has 104 valence electrons. The number of benzene rings is 2. The van der Waals surface area contributed by atoms with Crippen molar-refractivity contribution in [2.45, 2.75) is 19.8 Å². The van der Waals surface area contributed by atoms with Crippen LogP contribution in [-0.2, 0) is 12.8 Å². The van der Waals surface area contributed by atoms with E-state index in [2.05, 4.69) is 19.1 Å². The van der Waals surface area contributed by atoms with Crippen molar-refractivity contribution in [1.82, 2.24) is 0 Å². The summed E-state index contributed by atoms with van der Waals surface area (Å²) in [6.07, 6.45) is 1.66. The van der Waals surface area contributed by atoms with E-state index in [-0.39, 0.29) is 0 Å². The lowest BCUT2D eigenvalue weighted by molar-refractivity contribution is 0.322. The van der Waals surface area contributed by atoms with Gasteiger partial charge in [0, 0.05) is 6.42 Å². The van der Waals surface area contributed by atoms with Crippen molar-refractivity contribution in [3.05, 3.63) is 59.7 Å². The zero-order valence-electron chi connectivity index (χ0n) is 11.6. The summed E-state index contributed by atoms with van der Waals surface area (Å²) in [7, 11) is -1.44. The molecule has 0 radical (unpaired) electrons. The van der Waals surface area contributed by atoms with Crippen LogP contribution in [-0.4, -0.2) is 23.8 Å². The number of hydrogen-bond acceptors (Lipinski definition) is 3. The van der Waals surface area contributed by atoms with Gasteiger partial charge < -0.3 is 14.8 Å². The van der Waals surface area contributed by atoms with E-state index in [4.69, 9.17) is 4.74 Å². The van der Waals surface area contributed by atoms with E-state index in [1.165, 1.54) is 5.56 Å². The highest BCUT2D eigenvalue weighted by Gasteiger charge is 2.14. The second-order valence-corrected chi connectivity index (χ2v) is 4.67. The van der Waals surface area contributed by atoms with E-state index < -0.39 is 7.12 Å². The lowest BCUT2D eigenvalue weighted by Crippen LogP contribution is -2.33. The number of rotatable bonds is 6. The highest BCUT2D eigenvalue weighted by Crippen LogP contribution is 2.13. The first-order chi connectivity index (χ1) is 9.70. The molecular formula is C16H19BO3. The molecule has 0 spiro atoms. The fraction of sp³-hybridized carbons (Fsp3) is 0.250. The topological polar surface area (TPSA) is 49.7 Å². The van der Waals surface area contributed by atoms with Crippen molar-refractivity contribution in [2.75, 3.05) is 6.61 Å². The monoisotopic (exact) mass is 270 g/mol. The van der Waals surface area contributed by atoms with E-state index in [0.29, 0.717) is 18.5 Å². The van der Waals surface area contributed by atoms with Gasteiger partial charge in [0.15, 0.2) is 0 Å². The smallest absolute Gasteiger partial charge is 0.488 e. The van der Waals surface area contributed by atoms with Crippen LogP contribution in [0.4, 0.5) is 0 Å². The molecule has 20 heavy (non-hydrogen) atoms. The minimum atomic E-state index is -1.44. The molecule has 2 rings (SSSR count).